The van der Waals surface area contributed by atoms with Gasteiger partial charge in [-0.1, -0.05) is 0 Å². The van der Waals surface area contributed by atoms with Crippen molar-refractivity contribution in [2.75, 3.05) is 18.5 Å². The highest BCUT2D eigenvalue weighted by Crippen LogP contribution is 2.25. The topological polar surface area (TPSA) is 38.3 Å². The first-order valence-corrected chi connectivity index (χ1v) is 6.07. The van der Waals surface area contributed by atoms with E-state index in [1.807, 2.05) is 18.2 Å². The molecule has 0 unspecified atom stereocenters. The molecule has 1 aromatic carbocycles. The van der Waals surface area contributed by atoms with Gasteiger partial charge < -0.3 is 10.1 Å². The fourth-order valence-electron chi connectivity index (χ4n) is 2.36. The standard InChI is InChI=1S/C14H15NO2/c16-14(12-2-1-7-17-9-12)11-3-4-13-10(8-11)5-6-15-13/h3-4,8-9,15H,1-2,5-7H2. The van der Waals surface area contributed by atoms with Crippen LogP contribution in [-0.2, 0) is 11.2 Å². The molecule has 0 atom stereocenters. The predicted octanol–water partition coefficient (Wildman–Crippen LogP) is 2.53. The molecule has 0 saturated carbocycles. The van der Waals surface area contributed by atoms with Crippen molar-refractivity contribution in [2.24, 2.45) is 0 Å². The number of fused-ring (bicyclic) bond motifs is 1. The number of carbonyl (C=O) groups is 1. The molecule has 17 heavy (non-hydrogen) atoms. The van der Waals surface area contributed by atoms with Crippen LogP contribution in [-0.4, -0.2) is 18.9 Å². The molecular weight excluding hydrogens is 214 g/mol. The van der Waals surface area contributed by atoms with Crippen LogP contribution in [0.15, 0.2) is 30.0 Å². The normalized spacial score (nSPS) is 17.8. The summed E-state index contributed by atoms with van der Waals surface area (Å²) < 4.78 is 5.22. The summed E-state index contributed by atoms with van der Waals surface area (Å²) in [4.78, 5) is 12.2. The van der Waals surface area contributed by atoms with Crippen molar-refractivity contribution < 1.29 is 9.53 Å². The minimum atomic E-state index is 0.111. The molecule has 2 heterocycles. The number of ketones is 1. The molecule has 3 heteroatoms. The molecular formula is C14H15NO2. The number of ether oxygens (including phenoxy) is 1. The number of nitrogens with one attached hydrogen (secondary N) is 1. The van der Waals surface area contributed by atoms with E-state index in [1.54, 1.807) is 6.26 Å². The van der Waals surface area contributed by atoms with Gasteiger partial charge in [0.25, 0.3) is 0 Å². The highest BCUT2D eigenvalue weighted by Gasteiger charge is 2.18. The maximum atomic E-state index is 12.2. The zero-order valence-corrected chi connectivity index (χ0v) is 9.66. The molecule has 0 saturated heterocycles. The van der Waals surface area contributed by atoms with Crippen molar-refractivity contribution in [1.29, 1.82) is 0 Å². The Morgan fingerprint density at radius 2 is 2.24 bits per heavy atom. The first-order valence-electron chi connectivity index (χ1n) is 6.07. The number of Topliss-reactive ketones (excluding diaryl/α,β-unsaturated/α-hetero) is 1. The van der Waals surface area contributed by atoms with Gasteiger partial charge in [-0.25, -0.2) is 0 Å². The van der Waals surface area contributed by atoms with Gasteiger partial charge in [-0.3, -0.25) is 4.79 Å². The molecule has 0 aromatic heterocycles. The van der Waals surface area contributed by atoms with Crippen molar-refractivity contribution in [2.45, 2.75) is 19.3 Å². The Bertz CT molecular complexity index is 491. The Morgan fingerprint density at radius 1 is 1.29 bits per heavy atom. The largest absolute Gasteiger partial charge is 0.501 e. The molecule has 1 aromatic rings. The van der Waals surface area contributed by atoms with Gasteiger partial charge in [0.2, 0.25) is 0 Å². The molecule has 88 valence electrons. The van der Waals surface area contributed by atoms with Crippen LogP contribution in [0.25, 0.3) is 0 Å². The second-order valence-corrected chi connectivity index (χ2v) is 4.50. The second-order valence-electron chi connectivity index (χ2n) is 4.50. The van der Waals surface area contributed by atoms with Crippen molar-refractivity contribution in [3.63, 3.8) is 0 Å². The van der Waals surface area contributed by atoms with Gasteiger partial charge >= 0.3 is 0 Å². The Labute approximate surface area is 100 Å². The fraction of sp³-hybridized carbons (Fsp3) is 0.357. The number of benzene rings is 1. The van der Waals surface area contributed by atoms with Crippen molar-refractivity contribution in [3.8, 4) is 0 Å². The maximum absolute atomic E-state index is 12.2. The Balaban J connectivity index is 1.88. The van der Waals surface area contributed by atoms with E-state index in [9.17, 15) is 4.79 Å². The summed E-state index contributed by atoms with van der Waals surface area (Å²) in [6, 6.07) is 5.90. The first kappa shape index (κ1) is 10.4. The lowest BCUT2D eigenvalue weighted by Gasteiger charge is -2.13. The van der Waals surface area contributed by atoms with E-state index in [-0.39, 0.29) is 5.78 Å². The Hall–Kier alpha value is -1.77. The molecule has 2 aliphatic rings. The van der Waals surface area contributed by atoms with Crippen molar-refractivity contribution >= 4 is 11.5 Å². The average molecular weight is 229 g/mol. The van der Waals surface area contributed by atoms with Gasteiger partial charge in [0.1, 0.15) is 0 Å². The third-order valence-electron chi connectivity index (χ3n) is 3.30. The van der Waals surface area contributed by atoms with E-state index >= 15 is 0 Å². The smallest absolute Gasteiger partial charge is 0.192 e. The summed E-state index contributed by atoms with van der Waals surface area (Å²) in [5.41, 5.74) is 3.98. The third kappa shape index (κ3) is 1.93. The lowest BCUT2D eigenvalue weighted by molar-refractivity contribution is 0.101. The van der Waals surface area contributed by atoms with Crippen LogP contribution in [0.5, 0.6) is 0 Å². The van der Waals surface area contributed by atoms with E-state index in [1.165, 1.54) is 5.56 Å². The van der Waals surface area contributed by atoms with Gasteiger partial charge in [-0.15, -0.1) is 0 Å². The van der Waals surface area contributed by atoms with E-state index in [0.717, 1.165) is 49.2 Å². The van der Waals surface area contributed by atoms with Crippen molar-refractivity contribution in [1.82, 2.24) is 0 Å². The molecule has 0 aliphatic carbocycles. The summed E-state index contributed by atoms with van der Waals surface area (Å²) in [6.45, 7) is 1.70. The Kier molecular flexibility index (Phi) is 2.59. The quantitative estimate of drug-likeness (QED) is 0.792. The zero-order valence-electron chi connectivity index (χ0n) is 9.66. The summed E-state index contributed by atoms with van der Waals surface area (Å²) in [7, 11) is 0. The van der Waals surface area contributed by atoms with Crippen LogP contribution < -0.4 is 5.32 Å². The van der Waals surface area contributed by atoms with E-state index in [2.05, 4.69) is 5.32 Å². The highest BCUT2D eigenvalue weighted by atomic mass is 16.5. The average Bonchev–Trinajstić information content (AvgIpc) is 2.86. The summed E-state index contributed by atoms with van der Waals surface area (Å²) >= 11 is 0. The summed E-state index contributed by atoms with van der Waals surface area (Å²) in [5.74, 6) is 0.111. The number of carbonyl (C=O) groups excluding carboxylic acids is 1. The molecule has 0 bridgehead atoms. The number of allylic oxidation sites excluding steroid dienone is 1. The van der Waals surface area contributed by atoms with Crippen LogP contribution >= 0.6 is 0 Å². The van der Waals surface area contributed by atoms with Crippen LogP contribution in [0.3, 0.4) is 0 Å². The van der Waals surface area contributed by atoms with Gasteiger partial charge in [-0.2, -0.15) is 0 Å². The molecule has 0 amide bonds. The van der Waals surface area contributed by atoms with Crippen LogP contribution in [0.1, 0.15) is 28.8 Å². The number of rotatable bonds is 2. The minimum absolute atomic E-state index is 0.111. The number of hydrogen-bond acceptors (Lipinski definition) is 3. The lowest BCUT2D eigenvalue weighted by atomic mass is 9.97. The second kappa shape index (κ2) is 4.24. The highest BCUT2D eigenvalue weighted by molar-refractivity contribution is 6.08. The molecule has 0 radical (unpaired) electrons. The monoisotopic (exact) mass is 229 g/mol. The van der Waals surface area contributed by atoms with Crippen LogP contribution in [0, 0.1) is 0 Å². The molecule has 3 rings (SSSR count). The van der Waals surface area contributed by atoms with E-state index < -0.39 is 0 Å². The molecule has 3 nitrogen and oxygen atoms in total. The maximum Gasteiger partial charge on any atom is 0.192 e. The van der Waals surface area contributed by atoms with Gasteiger partial charge in [-0.05, 0) is 43.0 Å². The molecule has 2 aliphatic heterocycles. The predicted molar refractivity (Wildman–Crippen MR) is 66.2 cm³/mol. The molecule has 1 N–H and O–H groups in total. The summed E-state index contributed by atoms with van der Waals surface area (Å²) in [6.07, 6.45) is 4.39. The third-order valence-corrected chi connectivity index (χ3v) is 3.30. The number of hydrogen-bond donors (Lipinski definition) is 1. The van der Waals surface area contributed by atoms with Gasteiger partial charge in [0, 0.05) is 23.4 Å². The van der Waals surface area contributed by atoms with Crippen molar-refractivity contribution in [3.05, 3.63) is 41.2 Å². The van der Waals surface area contributed by atoms with Crippen LogP contribution in [0.2, 0.25) is 0 Å². The molecule has 0 fully saturated rings. The zero-order chi connectivity index (χ0) is 11.7. The van der Waals surface area contributed by atoms with Crippen LogP contribution in [0.4, 0.5) is 5.69 Å². The van der Waals surface area contributed by atoms with Gasteiger partial charge in [0.15, 0.2) is 5.78 Å². The fourth-order valence-corrected chi connectivity index (χ4v) is 2.36. The van der Waals surface area contributed by atoms with E-state index in [4.69, 9.17) is 4.74 Å². The lowest BCUT2D eigenvalue weighted by Crippen LogP contribution is -2.09. The summed E-state index contributed by atoms with van der Waals surface area (Å²) in [5, 5.41) is 3.30. The first-order chi connectivity index (χ1) is 8.34. The van der Waals surface area contributed by atoms with E-state index in [0.29, 0.717) is 0 Å². The SMILES string of the molecule is O=C(C1=COCCC1)c1ccc2c(c1)CCN2. The molecule has 0 spiro atoms. The Morgan fingerprint density at radius 3 is 3.06 bits per heavy atom. The minimum Gasteiger partial charge on any atom is -0.501 e. The number of anilines is 1. The van der Waals surface area contributed by atoms with Gasteiger partial charge in [0.05, 0.1) is 12.9 Å².